The molecule has 0 saturated carbocycles. The summed E-state index contributed by atoms with van der Waals surface area (Å²) in [5, 5.41) is 0.0873. The Morgan fingerprint density at radius 2 is 1.91 bits per heavy atom. The van der Waals surface area contributed by atoms with Crippen molar-refractivity contribution in [2.45, 2.75) is 58.5 Å². The zero-order chi connectivity index (χ0) is 24.9. The summed E-state index contributed by atoms with van der Waals surface area (Å²) in [5.41, 5.74) is 0.562. The summed E-state index contributed by atoms with van der Waals surface area (Å²) >= 11 is 6.47. The third-order valence-corrected chi connectivity index (χ3v) is 5.33. The molecule has 1 aliphatic rings. The van der Waals surface area contributed by atoms with E-state index in [2.05, 4.69) is 43.7 Å². The molecule has 0 unspecified atom stereocenters. The highest BCUT2D eigenvalue weighted by atomic mass is 35.5. The molecular formula is C23H23ClN6O5. The SMILES string of the molecule is CCCCC#Cc1nc(Cl)c2nc(-c3ncccn3)n([C@@H]3OC[C@@H](OC(C)=O)[C@H]3OC(C)=O)c2n1. The number of carbonyl (C=O) groups is 2. The highest BCUT2D eigenvalue weighted by molar-refractivity contribution is 6.33. The van der Waals surface area contributed by atoms with Gasteiger partial charge < -0.3 is 14.2 Å². The topological polar surface area (TPSA) is 131 Å². The Bertz CT molecular complexity index is 1300. The van der Waals surface area contributed by atoms with Crippen LogP contribution in [0.15, 0.2) is 18.5 Å². The number of ether oxygens (including phenoxy) is 3. The summed E-state index contributed by atoms with van der Waals surface area (Å²) in [6.07, 6.45) is 3.01. The van der Waals surface area contributed by atoms with Crippen molar-refractivity contribution in [3.8, 4) is 23.5 Å². The molecule has 0 N–H and O–H groups in total. The van der Waals surface area contributed by atoms with Crippen molar-refractivity contribution in [3.05, 3.63) is 29.4 Å². The van der Waals surface area contributed by atoms with E-state index in [9.17, 15) is 9.59 Å². The van der Waals surface area contributed by atoms with Gasteiger partial charge in [-0.25, -0.2) is 24.9 Å². The zero-order valence-corrected chi connectivity index (χ0v) is 20.2. The second-order valence-corrected chi connectivity index (χ2v) is 8.10. The van der Waals surface area contributed by atoms with E-state index in [1.807, 2.05) is 0 Å². The van der Waals surface area contributed by atoms with Gasteiger partial charge in [0.05, 0.1) is 6.61 Å². The molecule has 0 radical (unpaired) electrons. The molecule has 3 aromatic heterocycles. The molecule has 12 heteroatoms. The smallest absolute Gasteiger partial charge is 0.303 e. The number of unbranched alkanes of at least 4 members (excludes halogenated alkanes) is 2. The van der Waals surface area contributed by atoms with Gasteiger partial charge in [-0.3, -0.25) is 14.2 Å². The summed E-state index contributed by atoms with van der Waals surface area (Å²) in [4.78, 5) is 45.6. The lowest BCUT2D eigenvalue weighted by Gasteiger charge is -2.24. The molecule has 0 amide bonds. The van der Waals surface area contributed by atoms with Gasteiger partial charge >= 0.3 is 11.9 Å². The molecule has 0 aliphatic carbocycles. The Hall–Kier alpha value is -3.62. The number of imidazole rings is 1. The quantitative estimate of drug-likeness (QED) is 0.216. The van der Waals surface area contributed by atoms with Crippen molar-refractivity contribution in [1.29, 1.82) is 0 Å². The van der Waals surface area contributed by atoms with Gasteiger partial charge in [-0.15, -0.1) is 0 Å². The Morgan fingerprint density at radius 1 is 1.17 bits per heavy atom. The predicted molar refractivity (Wildman–Crippen MR) is 124 cm³/mol. The Morgan fingerprint density at radius 3 is 2.60 bits per heavy atom. The third-order valence-electron chi connectivity index (χ3n) is 5.07. The molecular weight excluding hydrogens is 476 g/mol. The van der Waals surface area contributed by atoms with Crippen LogP contribution >= 0.6 is 11.6 Å². The standard InChI is InChI=1S/C23H23ClN6O5/c1-4-5-6-7-9-16-27-19(24)17-21(28-16)30(22(29-17)20-25-10-8-11-26-20)23-18(35-14(3)32)15(12-33-23)34-13(2)31/h8,10-11,15,18,23H,4-6,12H2,1-3H3/t15-,18-,23-/m1/s1. The van der Waals surface area contributed by atoms with Crippen LogP contribution < -0.4 is 0 Å². The van der Waals surface area contributed by atoms with Crippen molar-refractivity contribution >= 4 is 34.7 Å². The molecule has 0 aromatic carbocycles. The van der Waals surface area contributed by atoms with E-state index >= 15 is 0 Å². The van der Waals surface area contributed by atoms with Crippen LogP contribution in [0.1, 0.15) is 52.1 Å². The third kappa shape index (κ3) is 5.39. The molecule has 0 bridgehead atoms. The van der Waals surface area contributed by atoms with Gasteiger partial charge in [0.25, 0.3) is 0 Å². The number of hydrogen-bond acceptors (Lipinski definition) is 10. The maximum atomic E-state index is 11.9. The Balaban J connectivity index is 1.89. The minimum absolute atomic E-state index is 0.0144. The number of nitrogens with zero attached hydrogens (tertiary/aromatic N) is 6. The van der Waals surface area contributed by atoms with E-state index in [-0.39, 0.29) is 40.4 Å². The van der Waals surface area contributed by atoms with Crippen molar-refractivity contribution in [1.82, 2.24) is 29.5 Å². The Labute approximate surface area is 206 Å². The fourth-order valence-corrected chi connectivity index (χ4v) is 3.85. The van der Waals surface area contributed by atoms with E-state index in [1.165, 1.54) is 13.8 Å². The molecule has 3 atom stereocenters. The zero-order valence-electron chi connectivity index (χ0n) is 19.4. The first kappa shape index (κ1) is 24.5. The van der Waals surface area contributed by atoms with Crippen LogP contribution in [0, 0.1) is 11.8 Å². The molecule has 1 aliphatic heterocycles. The van der Waals surface area contributed by atoms with Gasteiger partial charge in [-0.1, -0.05) is 30.9 Å². The molecule has 0 spiro atoms. The highest BCUT2D eigenvalue weighted by Crippen LogP contribution is 2.36. The monoisotopic (exact) mass is 498 g/mol. The number of esters is 2. The largest absolute Gasteiger partial charge is 0.456 e. The first-order valence-corrected chi connectivity index (χ1v) is 11.4. The molecule has 4 heterocycles. The fourth-order valence-electron chi connectivity index (χ4n) is 3.64. The maximum Gasteiger partial charge on any atom is 0.303 e. The average Bonchev–Trinajstić information content (AvgIpc) is 3.38. The molecule has 35 heavy (non-hydrogen) atoms. The lowest BCUT2D eigenvalue weighted by Crippen LogP contribution is -2.36. The summed E-state index contributed by atoms with van der Waals surface area (Å²) in [6, 6.07) is 1.66. The van der Waals surface area contributed by atoms with Gasteiger partial charge in [-0.2, -0.15) is 0 Å². The van der Waals surface area contributed by atoms with Gasteiger partial charge in [-0.05, 0) is 18.4 Å². The van der Waals surface area contributed by atoms with Crippen molar-refractivity contribution in [2.75, 3.05) is 6.61 Å². The predicted octanol–water partition coefficient (Wildman–Crippen LogP) is 2.87. The van der Waals surface area contributed by atoms with E-state index in [0.29, 0.717) is 6.42 Å². The van der Waals surface area contributed by atoms with Crippen molar-refractivity contribution in [3.63, 3.8) is 0 Å². The van der Waals surface area contributed by atoms with Crippen LogP contribution in [0.4, 0.5) is 0 Å². The van der Waals surface area contributed by atoms with E-state index in [0.717, 1.165) is 12.8 Å². The number of fused-ring (bicyclic) bond motifs is 1. The minimum atomic E-state index is -0.982. The number of carbonyl (C=O) groups excluding carboxylic acids is 2. The van der Waals surface area contributed by atoms with Gasteiger partial charge in [0.1, 0.15) is 5.52 Å². The highest BCUT2D eigenvalue weighted by Gasteiger charge is 2.45. The number of halogens is 1. The number of rotatable bonds is 6. The van der Waals surface area contributed by atoms with Crippen LogP contribution in [0.5, 0.6) is 0 Å². The summed E-state index contributed by atoms with van der Waals surface area (Å²) < 4.78 is 18.4. The molecule has 4 rings (SSSR count). The minimum Gasteiger partial charge on any atom is -0.456 e. The number of aromatic nitrogens is 6. The molecule has 1 saturated heterocycles. The van der Waals surface area contributed by atoms with Crippen LogP contribution in [-0.2, 0) is 23.8 Å². The van der Waals surface area contributed by atoms with Crippen molar-refractivity contribution in [2.24, 2.45) is 0 Å². The average molecular weight is 499 g/mol. The second-order valence-electron chi connectivity index (χ2n) is 7.74. The molecule has 182 valence electrons. The van der Waals surface area contributed by atoms with Crippen LogP contribution in [-0.4, -0.2) is 60.2 Å². The Kier molecular flexibility index (Phi) is 7.53. The van der Waals surface area contributed by atoms with E-state index < -0.39 is 30.4 Å². The lowest BCUT2D eigenvalue weighted by molar-refractivity contribution is -0.164. The summed E-state index contributed by atoms with van der Waals surface area (Å²) in [6.45, 7) is 4.59. The first-order chi connectivity index (χ1) is 16.9. The van der Waals surface area contributed by atoms with Crippen molar-refractivity contribution < 1.29 is 23.8 Å². The summed E-state index contributed by atoms with van der Waals surface area (Å²) in [7, 11) is 0. The lowest BCUT2D eigenvalue weighted by atomic mass is 10.2. The number of hydrogen-bond donors (Lipinski definition) is 0. The van der Waals surface area contributed by atoms with Crippen LogP contribution in [0.2, 0.25) is 5.15 Å². The van der Waals surface area contributed by atoms with Gasteiger partial charge in [0, 0.05) is 32.7 Å². The van der Waals surface area contributed by atoms with Crippen LogP contribution in [0.3, 0.4) is 0 Å². The fraction of sp³-hybridized carbons (Fsp3) is 0.435. The summed E-state index contributed by atoms with van der Waals surface area (Å²) in [5.74, 6) is 5.60. The molecule has 1 fully saturated rings. The van der Waals surface area contributed by atoms with Gasteiger partial charge in [0.2, 0.25) is 5.82 Å². The maximum absolute atomic E-state index is 11.9. The van der Waals surface area contributed by atoms with E-state index in [4.69, 9.17) is 25.8 Å². The van der Waals surface area contributed by atoms with Crippen LogP contribution in [0.25, 0.3) is 22.8 Å². The second kappa shape index (κ2) is 10.8. The van der Waals surface area contributed by atoms with Gasteiger partial charge in [0.15, 0.2) is 40.9 Å². The molecule has 3 aromatic rings. The normalized spacial score (nSPS) is 19.3. The molecule has 11 nitrogen and oxygen atoms in total. The van der Waals surface area contributed by atoms with E-state index in [1.54, 1.807) is 23.0 Å². The first-order valence-electron chi connectivity index (χ1n) is 11.1.